The molecule has 43 heavy (non-hydrogen) atoms. The molecule has 0 spiro atoms. The second-order valence-corrected chi connectivity index (χ2v) is 15.5. The SMILES string of the molecule is CC(C)(C)c1ccc2ccc(C(c3ccc4ccc(C(C)(C)C)ccc3-4)c3ccc4ccc(C(C)(C)C)ccc3-4)c-2cc1. The molecule has 0 atom stereocenters. The lowest BCUT2D eigenvalue weighted by atomic mass is 9.82. The van der Waals surface area contributed by atoms with E-state index in [-0.39, 0.29) is 22.2 Å². The van der Waals surface area contributed by atoms with Crippen LogP contribution in [0.4, 0.5) is 0 Å². The van der Waals surface area contributed by atoms with Crippen molar-refractivity contribution in [2.24, 2.45) is 0 Å². The van der Waals surface area contributed by atoms with E-state index in [1.807, 2.05) is 0 Å². The Kier molecular flexibility index (Phi) is 7.04. The van der Waals surface area contributed by atoms with Crippen LogP contribution in [0.1, 0.15) is 102 Å². The first-order valence-corrected chi connectivity index (χ1v) is 15.8. The van der Waals surface area contributed by atoms with Crippen LogP contribution in [0, 0.1) is 0 Å². The average molecular weight is 563 g/mol. The average Bonchev–Trinajstić information content (AvgIpc) is 3.43. The van der Waals surface area contributed by atoms with E-state index < -0.39 is 0 Å². The minimum absolute atomic E-state index is 0.0961. The summed E-state index contributed by atoms with van der Waals surface area (Å²) < 4.78 is 0. The topological polar surface area (TPSA) is 0 Å². The highest BCUT2D eigenvalue weighted by Crippen LogP contribution is 2.48. The molecule has 0 fully saturated rings. The van der Waals surface area contributed by atoms with E-state index in [1.54, 1.807) is 0 Å². The Balaban J connectivity index is 1.61. The molecule has 0 amide bonds. The van der Waals surface area contributed by atoms with Gasteiger partial charge in [-0.25, -0.2) is 0 Å². The molecule has 0 saturated heterocycles. The molecule has 0 aromatic carbocycles. The molecule has 0 heteroatoms. The zero-order chi connectivity index (χ0) is 30.7. The third-order valence-electron chi connectivity index (χ3n) is 9.34. The zero-order valence-electron chi connectivity index (χ0n) is 27.5. The smallest absolute Gasteiger partial charge is 0.0358 e. The molecule has 218 valence electrons. The molecule has 0 aromatic heterocycles. The molecule has 6 aliphatic rings. The van der Waals surface area contributed by atoms with Gasteiger partial charge in [0.25, 0.3) is 0 Å². The third kappa shape index (κ3) is 5.49. The fraction of sp³-hybridized carbons (Fsp3) is 0.302. The van der Waals surface area contributed by atoms with Crippen molar-refractivity contribution >= 4 is 0 Å². The van der Waals surface area contributed by atoms with Gasteiger partial charge in [-0.1, -0.05) is 172 Å². The van der Waals surface area contributed by atoms with Gasteiger partial charge in [0.15, 0.2) is 0 Å². The first kappa shape index (κ1) is 29.2. The van der Waals surface area contributed by atoms with Gasteiger partial charge in [0.1, 0.15) is 0 Å². The van der Waals surface area contributed by atoms with Crippen LogP contribution in [0.3, 0.4) is 0 Å². The van der Waals surface area contributed by atoms with Crippen LogP contribution in [0.5, 0.6) is 0 Å². The second kappa shape index (κ2) is 10.4. The number of rotatable bonds is 3. The first-order valence-electron chi connectivity index (χ1n) is 15.8. The predicted octanol–water partition coefficient (Wildman–Crippen LogP) is 12.1. The third-order valence-corrected chi connectivity index (χ3v) is 9.34. The fourth-order valence-electron chi connectivity index (χ4n) is 6.57. The summed E-state index contributed by atoms with van der Waals surface area (Å²) in [5.41, 5.74) is 16.3. The van der Waals surface area contributed by atoms with Gasteiger partial charge in [0.05, 0.1) is 0 Å². The van der Waals surface area contributed by atoms with Crippen LogP contribution in [0.2, 0.25) is 0 Å². The van der Waals surface area contributed by atoms with Gasteiger partial charge in [0, 0.05) is 5.92 Å². The molecular weight excluding hydrogens is 516 g/mol. The van der Waals surface area contributed by atoms with Crippen molar-refractivity contribution < 1.29 is 0 Å². The van der Waals surface area contributed by atoms with Gasteiger partial charge in [-0.15, -0.1) is 0 Å². The largest absolute Gasteiger partial charge is 0.0579 e. The van der Waals surface area contributed by atoms with E-state index in [0.717, 1.165) is 0 Å². The second-order valence-electron chi connectivity index (χ2n) is 15.5. The first-order chi connectivity index (χ1) is 20.2. The van der Waals surface area contributed by atoms with Crippen molar-refractivity contribution in [3.8, 4) is 33.4 Å². The van der Waals surface area contributed by atoms with Crippen molar-refractivity contribution in [2.75, 3.05) is 0 Å². The minimum atomic E-state index is 0.0961. The highest BCUT2D eigenvalue weighted by molar-refractivity contribution is 5.82. The monoisotopic (exact) mass is 562 g/mol. The number of fused-ring (bicyclic) bond motifs is 3. The van der Waals surface area contributed by atoms with Crippen molar-refractivity contribution in [3.05, 3.63) is 143 Å². The van der Waals surface area contributed by atoms with Crippen LogP contribution >= 0.6 is 0 Å². The van der Waals surface area contributed by atoms with Crippen LogP contribution in [0.15, 0.2) is 109 Å². The Hall–Kier alpha value is -3.90. The Morgan fingerprint density at radius 3 is 0.791 bits per heavy atom. The molecule has 0 nitrogen and oxygen atoms in total. The van der Waals surface area contributed by atoms with E-state index in [0.29, 0.717) is 0 Å². The highest BCUT2D eigenvalue weighted by Gasteiger charge is 2.29. The molecule has 0 radical (unpaired) electrons. The van der Waals surface area contributed by atoms with E-state index in [9.17, 15) is 0 Å². The quantitative estimate of drug-likeness (QED) is 0.201. The normalized spacial score (nSPS) is 13.0. The molecule has 6 aliphatic carbocycles. The maximum absolute atomic E-state index is 2.37. The van der Waals surface area contributed by atoms with Gasteiger partial charge >= 0.3 is 0 Å². The molecule has 6 rings (SSSR count). The molecular formula is C43H46. The minimum Gasteiger partial charge on any atom is -0.0579 e. The lowest BCUT2D eigenvalue weighted by Gasteiger charge is -2.20. The maximum Gasteiger partial charge on any atom is 0.0358 e. The zero-order valence-corrected chi connectivity index (χ0v) is 27.5. The van der Waals surface area contributed by atoms with Crippen LogP contribution in [-0.4, -0.2) is 0 Å². The Labute approximate surface area is 259 Å². The standard InChI is InChI=1S/C43H46/c1-41(2,3)31-16-10-28-13-22-37(34(28)25-19-31)40(38-23-14-29-11-17-32(42(4,5)6)20-26-35(29)38)39-24-15-30-12-18-33(43(7,8)9)21-27-36(30)39/h10-27,40H,1-9H3. The molecule has 0 aliphatic heterocycles. The molecule has 0 N–H and O–H groups in total. The Morgan fingerprint density at radius 2 is 0.535 bits per heavy atom. The van der Waals surface area contributed by atoms with Crippen molar-refractivity contribution in [1.82, 2.24) is 0 Å². The fourth-order valence-corrected chi connectivity index (χ4v) is 6.57. The summed E-state index contributed by atoms with van der Waals surface area (Å²) in [6.45, 7) is 20.6. The van der Waals surface area contributed by atoms with Crippen LogP contribution in [0.25, 0.3) is 33.4 Å². The van der Waals surface area contributed by atoms with E-state index in [1.165, 1.54) is 66.8 Å². The summed E-state index contributed by atoms with van der Waals surface area (Å²) in [5, 5.41) is 0. The Bertz CT molecular complexity index is 1600. The van der Waals surface area contributed by atoms with Crippen LogP contribution < -0.4 is 0 Å². The van der Waals surface area contributed by atoms with Gasteiger partial charge < -0.3 is 0 Å². The maximum atomic E-state index is 2.37. The molecule has 0 unspecified atom stereocenters. The molecule has 0 heterocycles. The van der Waals surface area contributed by atoms with Gasteiger partial charge in [-0.3, -0.25) is 0 Å². The summed E-state index contributed by atoms with van der Waals surface area (Å²) >= 11 is 0. The lowest BCUT2D eigenvalue weighted by molar-refractivity contribution is 0.590. The Morgan fingerprint density at radius 1 is 0.302 bits per heavy atom. The van der Waals surface area contributed by atoms with E-state index in [4.69, 9.17) is 0 Å². The molecule has 0 aromatic rings. The summed E-state index contributed by atoms with van der Waals surface area (Å²) in [5.74, 6) is 0.106. The van der Waals surface area contributed by atoms with Gasteiger partial charge in [0.2, 0.25) is 0 Å². The van der Waals surface area contributed by atoms with Crippen molar-refractivity contribution in [3.63, 3.8) is 0 Å². The van der Waals surface area contributed by atoms with Gasteiger partial charge in [-0.05, 0) is 83.0 Å². The van der Waals surface area contributed by atoms with Gasteiger partial charge in [-0.2, -0.15) is 0 Å². The summed E-state index contributed by atoms with van der Waals surface area (Å²) in [4.78, 5) is 0. The lowest BCUT2D eigenvalue weighted by Crippen LogP contribution is -2.09. The molecule has 0 saturated carbocycles. The predicted molar refractivity (Wildman–Crippen MR) is 186 cm³/mol. The number of hydrogen-bond donors (Lipinski definition) is 0. The van der Waals surface area contributed by atoms with E-state index >= 15 is 0 Å². The van der Waals surface area contributed by atoms with Crippen LogP contribution in [-0.2, 0) is 16.2 Å². The van der Waals surface area contributed by atoms with E-state index in [2.05, 4.69) is 172 Å². The summed E-state index contributed by atoms with van der Waals surface area (Å²) in [6.07, 6.45) is 0. The highest BCUT2D eigenvalue weighted by atomic mass is 14.3. The summed E-state index contributed by atoms with van der Waals surface area (Å²) in [6, 6.07) is 42.0. The van der Waals surface area contributed by atoms with Crippen molar-refractivity contribution in [2.45, 2.75) is 84.5 Å². The number of hydrogen-bond acceptors (Lipinski definition) is 0. The summed E-state index contributed by atoms with van der Waals surface area (Å²) in [7, 11) is 0. The van der Waals surface area contributed by atoms with Crippen molar-refractivity contribution in [1.29, 1.82) is 0 Å². The molecule has 0 bridgehead atoms.